The summed E-state index contributed by atoms with van der Waals surface area (Å²) in [5.74, 6) is 1.18. The zero-order valence-electron chi connectivity index (χ0n) is 13.0. The third-order valence-corrected chi connectivity index (χ3v) is 6.87. The highest BCUT2D eigenvalue weighted by Gasteiger charge is 2.29. The van der Waals surface area contributed by atoms with Crippen LogP contribution >= 0.6 is 0 Å². The zero-order valence-corrected chi connectivity index (χ0v) is 13.8. The van der Waals surface area contributed by atoms with Crippen LogP contribution in [0.1, 0.15) is 58.8 Å². The molecule has 2 fully saturated rings. The Morgan fingerprint density at radius 1 is 1.00 bits per heavy atom. The van der Waals surface area contributed by atoms with E-state index in [9.17, 15) is 8.42 Å². The van der Waals surface area contributed by atoms with Crippen LogP contribution in [0.25, 0.3) is 0 Å². The molecule has 0 amide bonds. The van der Waals surface area contributed by atoms with Gasteiger partial charge in [0.05, 0.1) is 5.75 Å². The minimum Gasteiger partial charge on any atom is -0.311 e. The smallest absolute Gasteiger partial charge is 0.214 e. The van der Waals surface area contributed by atoms with Crippen molar-refractivity contribution >= 4 is 10.0 Å². The number of nitrogens with zero attached hydrogens (tertiary/aromatic N) is 1. The molecule has 1 N–H and O–H groups in total. The first kappa shape index (κ1) is 16.2. The molecule has 1 aliphatic carbocycles. The summed E-state index contributed by atoms with van der Waals surface area (Å²) in [6, 6.07) is 1.18. The Bertz CT molecular complexity index is 381. The Morgan fingerprint density at radius 3 is 2.10 bits per heavy atom. The summed E-state index contributed by atoms with van der Waals surface area (Å²) >= 11 is 0. The second-order valence-corrected chi connectivity index (χ2v) is 8.70. The third kappa shape index (κ3) is 4.43. The van der Waals surface area contributed by atoms with Crippen LogP contribution in [0.15, 0.2) is 0 Å². The second kappa shape index (κ2) is 7.23. The van der Waals surface area contributed by atoms with E-state index in [-0.39, 0.29) is 0 Å². The average molecular weight is 302 g/mol. The average Bonchev–Trinajstić information content (AvgIpc) is 2.42. The van der Waals surface area contributed by atoms with Crippen molar-refractivity contribution in [1.82, 2.24) is 9.62 Å². The molecule has 0 aromatic rings. The molecule has 0 spiro atoms. The van der Waals surface area contributed by atoms with Crippen molar-refractivity contribution < 1.29 is 8.42 Å². The van der Waals surface area contributed by atoms with Gasteiger partial charge in [-0.25, -0.2) is 12.7 Å². The van der Waals surface area contributed by atoms with Crippen LogP contribution in [0.5, 0.6) is 0 Å². The molecule has 2 rings (SSSR count). The molecule has 1 saturated carbocycles. The van der Waals surface area contributed by atoms with Gasteiger partial charge in [-0.05, 0) is 50.9 Å². The first-order chi connectivity index (χ1) is 9.51. The van der Waals surface area contributed by atoms with Crippen LogP contribution in [0, 0.1) is 5.92 Å². The molecule has 0 aromatic heterocycles. The second-order valence-electron chi connectivity index (χ2n) is 6.61. The van der Waals surface area contributed by atoms with Crippen LogP contribution < -0.4 is 5.32 Å². The Balaban J connectivity index is 1.74. The van der Waals surface area contributed by atoms with Gasteiger partial charge in [0.15, 0.2) is 0 Å². The van der Waals surface area contributed by atoms with Gasteiger partial charge in [-0.3, -0.25) is 0 Å². The molecule has 0 unspecified atom stereocenters. The van der Waals surface area contributed by atoms with E-state index in [4.69, 9.17) is 0 Å². The molecule has 1 heterocycles. The maximum Gasteiger partial charge on any atom is 0.214 e. The van der Waals surface area contributed by atoms with Gasteiger partial charge in [0.1, 0.15) is 0 Å². The van der Waals surface area contributed by atoms with Crippen molar-refractivity contribution in [2.45, 2.75) is 70.9 Å². The molecule has 0 bridgehead atoms. The molecular formula is C15H30N2O2S. The van der Waals surface area contributed by atoms with Crippen LogP contribution in [0.2, 0.25) is 0 Å². The molecule has 0 aromatic carbocycles. The standard InChI is InChI=1S/C15H30N2O2S/c1-3-12-20(18,19)17-10-8-15(9-11-17)16-14-6-4-13(2)5-7-14/h13-16H,3-12H2,1-2H3/t13-,14-. The maximum atomic E-state index is 12.0. The van der Waals surface area contributed by atoms with Gasteiger partial charge in [-0.2, -0.15) is 0 Å². The largest absolute Gasteiger partial charge is 0.311 e. The summed E-state index contributed by atoms with van der Waals surface area (Å²) in [7, 11) is -2.99. The number of hydrogen-bond acceptors (Lipinski definition) is 3. The van der Waals surface area contributed by atoms with E-state index in [1.54, 1.807) is 4.31 Å². The summed E-state index contributed by atoms with van der Waals surface area (Å²) in [6.45, 7) is 5.66. The predicted octanol–water partition coefficient (Wildman–Crippen LogP) is 2.36. The quantitative estimate of drug-likeness (QED) is 0.848. The van der Waals surface area contributed by atoms with Gasteiger partial charge < -0.3 is 5.32 Å². The van der Waals surface area contributed by atoms with Crippen molar-refractivity contribution in [3.8, 4) is 0 Å². The minimum absolute atomic E-state index is 0.297. The molecule has 0 atom stereocenters. The van der Waals surface area contributed by atoms with Gasteiger partial charge >= 0.3 is 0 Å². The van der Waals surface area contributed by atoms with Crippen molar-refractivity contribution in [3.05, 3.63) is 0 Å². The molecule has 0 radical (unpaired) electrons. The third-order valence-electron chi connectivity index (χ3n) is 4.80. The lowest BCUT2D eigenvalue weighted by molar-refractivity contribution is 0.236. The lowest BCUT2D eigenvalue weighted by Crippen LogP contribution is -2.48. The monoisotopic (exact) mass is 302 g/mol. The van der Waals surface area contributed by atoms with Crippen LogP contribution in [-0.4, -0.2) is 43.6 Å². The molecule has 2 aliphatic rings. The SMILES string of the molecule is CCCS(=O)(=O)N1CCC(N[C@H]2CC[C@H](C)CC2)CC1. The van der Waals surface area contributed by atoms with Crippen molar-refractivity contribution in [2.24, 2.45) is 5.92 Å². The van der Waals surface area contributed by atoms with Crippen LogP contribution in [0.3, 0.4) is 0 Å². The van der Waals surface area contributed by atoms with Crippen LogP contribution in [0.4, 0.5) is 0 Å². The fraction of sp³-hybridized carbons (Fsp3) is 1.00. The number of nitrogens with one attached hydrogen (secondary N) is 1. The molecule has 1 aliphatic heterocycles. The topological polar surface area (TPSA) is 49.4 Å². The summed E-state index contributed by atoms with van der Waals surface area (Å²) in [5.41, 5.74) is 0. The molecule has 118 valence electrons. The van der Waals surface area contributed by atoms with E-state index in [0.717, 1.165) is 18.8 Å². The number of rotatable bonds is 5. The summed E-state index contributed by atoms with van der Waals surface area (Å²) in [5, 5.41) is 3.76. The van der Waals surface area contributed by atoms with Crippen molar-refractivity contribution in [1.29, 1.82) is 0 Å². The molecular weight excluding hydrogens is 272 g/mol. The molecule has 20 heavy (non-hydrogen) atoms. The van der Waals surface area contributed by atoms with Gasteiger partial charge in [-0.15, -0.1) is 0 Å². The highest BCUT2D eigenvalue weighted by molar-refractivity contribution is 7.89. The predicted molar refractivity (Wildman–Crippen MR) is 83.2 cm³/mol. The first-order valence-electron chi connectivity index (χ1n) is 8.25. The van der Waals surface area contributed by atoms with Gasteiger partial charge in [-0.1, -0.05) is 13.8 Å². The maximum absolute atomic E-state index is 12.0. The lowest BCUT2D eigenvalue weighted by Gasteiger charge is -2.36. The fourth-order valence-corrected chi connectivity index (χ4v) is 4.99. The highest BCUT2D eigenvalue weighted by atomic mass is 32.2. The Kier molecular flexibility index (Phi) is 5.87. The van der Waals surface area contributed by atoms with E-state index in [2.05, 4.69) is 12.2 Å². The number of hydrogen-bond donors (Lipinski definition) is 1. The van der Waals surface area contributed by atoms with Gasteiger partial charge in [0.2, 0.25) is 10.0 Å². The van der Waals surface area contributed by atoms with Crippen molar-refractivity contribution in [2.75, 3.05) is 18.8 Å². The van der Waals surface area contributed by atoms with E-state index in [0.29, 0.717) is 37.3 Å². The zero-order chi connectivity index (χ0) is 14.6. The number of sulfonamides is 1. The van der Waals surface area contributed by atoms with Crippen molar-refractivity contribution in [3.63, 3.8) is 0 Å². The summed E-state index contributed by atoms with van der Waals surface area (Å²) in [6.07, 6.45) is 7.89. The van der Waals surface area contributed by atoms with Gasteiger partial charge in [0, 0.05) is 25.2 Å². The van der Waals surface area contributed by atoms with Gasteiger partial charge in [0.25, 0.3) is 0 Å². The lowest BCUT2D eigenvalue weighted by atomic mass is 9.86. The normalized spacial score (nSPS) is 30.5. The fourth-order valence-electron chi connectivity index (χ4n) is 3.45. The summed E-state index contributed by atoms with van der Waals surface area (Å²) in [4.78, 5) is 0. The molecule has 1 saturated heterocycles. The first-order valence-corrected chi connectivity index (χ1v) is 9.86. The Hall–Kier alpha value is -0.130. The molecule has 5 heteroatoms. The van der Waals surface area contributed by atoms with Crippen LogP contribution in [-0.2, 0) is 10.0 Å². The molecule has 4 nitrogen and oxygen atoms in total. The Labute approximate surface area is 124 Å². The van der Waals surface area contributed by atoms with E-state index in [1.807, 2.05) is 6.92 Å². The van der Waals surface area contributed by atoms with E-state index in [1.165, 1.54) is 25.7 Å². The highest BCUT2D eigenvalue weighted by Crippen LogP contribution is 2.25. The minimum atomic E-state index is -2.99. The summed E-state index contributed by atoms with van der Waals surface area (Å²) < 4.78 is 25.7. The van der Waals surface area contributed by atoms with E-state index < -0.39 is 10.0 Å². The Morgan fingerprint density at radius 2 is 1.55 bits per heavy atom. The number of piperidine rings is 1. The van der Waals surface area contributed by atoms with E-state index >= 15 is 0 Å².